The van der Waals surface area contributed by atoms with Crippen LogP contribution < -0.4 is 10.6 Å². The van der Waals surface area contributed by atoms with E-state index in [1.165, 1.54) is 11.1 Å². The van der Waals surface area contributed by atoms with Crippen molar-refractivity contribution in [1.29, 1.82) is 0 Å². The molecule has 3 N–H and O–H groups in total. The molecule has 2 rings (SSSR count). The predicted molar refractivity (Wildman–Crippen MR) is 105 cm³/mol. The summed E-state index contributed by atoms with van der Waals surface area (Å²) in [5.74, 6) is 0.853. The summed E-state index contributed by atoms with van der Waals surface area (Å²) in [5.41, 5.74) is 2.53. The zero-order chi connectivity index (χ0) is 18.3. The number of rotatable bonds is 5. The molecule has 5 nitrogen and oxygen atoms in total. The Hall–Kier alpha value is -1.59. The Morgan fingerprint density at radius 2 is 1.76 bits per heavy atom. The van der Waals surface area contributed by atoms with Crippen LogP contribution in [0.25, 0.3) is 0 Å². The van der Waals surface area contributed by atoms with E-state index in [9.17, 15) is 5.11 Å². The van der Waals surface area contributed by atoms with Crippen molar-refractivity contribution >= 4 is 5.96 Å². The Morgan fingerprint density at radius 3 is 2.32 bits per heavy atom. The first kappa shape index (κ1) is 19.7. The van der Waals surface area contributed by atoms with Gasteiger partial charge in [0.1, 0.15) is 0 Å². The summed E-state index contributed by atoms with van der Waals surface area (Å²) in [4.78, 5) is 7.09. The van der Waals surface area contributed by atoms with Gasteiger partial charge in [0, 0.05) is 31.7 Å². The molecule has 0 aromatic heterocycles. The van der Waals surface area contributed by atoms with E-state index >= 15 is 0 Å². The fourth-order valence-corrected chi connectivity index (χ4v) is 2.92. The van der Waals surface area contributed by atoms with Crippen molar-refractivity contribution in [3.05, 3.63) is 35.4 Å². The van der Waals surface area contributed by atoms with E-state index in [0.717, 1.165) is 45.0 Å². The highest BCUT2D eigenvalue weighted by Gasteiger charge is 2.16. The lowest BCUT2D eigenvalue weighted by atomic mass is 10.1. The molecule has 0 atom stereocenters. The van der Waals surface area contributed by atoms with Crippen molar-refractivity contribution in [3.63, 3.8) is 0 Å². The summed E-state index contributed by atoms with van der Waals surface area (Å²) in [5, 5.41) is 16.3. The van der Waals surface area contributed by atoms with E-state index in [4.69, 9.17) is 0 Å². The molecule has 1 fully saturated rings. The second-order valence-electron chi connectivity index (χ2n) is 7.89. The quantitative estimate of drug-likeness (QED) is 0.566. The van der Waals surface area contributed by atoms with Crippen molar-refractivity contribution in [2.75, 3.05) is 19.6 Å². The van der Waals surface area contributed by atoms with Gasteiger partial charge in [0.05, 0.1) is 12.6 Å². The molecule has 0 spiro atoms. The Balaban J connectivity index is 1.89. The third-order valence-electron chi connectivity index (χ3n) is 4.24. The molecule has 0 amide bonds. The van der Waals surface area contributed by atoms with Crippen LogP contribution in [0.3, 0.4) is 0 Å². The van der Waals surface area contributed by atoms with Gasteiger partial charge in [-0.2, -0.15) is 0 Å². The normalized spacial score (nSPS) is 17.6. The molecule has 1 aromatic carbocycles. The highest BCUT2D eigenvalue weighted by Crippen LogP contribution is 2.14. The van der Waals surface area contributed by atoms with Crippen molar-refractivity contribution in [3.8, 4) is 0 Å². The number of piperidine rings is 1. The smallest absolute Gasteiger partial charge is 0.191 e. The minimum atomic E-state index is -0.107. The second kappa shape index (κ2) is 9.20. The van der Waals surface area contributed by atoms with Crippen LogP contribution in [0.15, 0.2) is 29.3 Å². The topological polar surface area (TPSA) is 59.9 Å². The highest BCUT2D eigenvalue weighted by atomic mass is 16.3. The molecule has 140 valence electrons. The third-order valence-corrected chi connectivity index (χ3v) is 4.24. The lowest BCUT2D eigenvalue weighted by Gasteiger charge is -2.29. The van der Waals surface area contributed by atoms with Gasteiger partial charge in [-0.1, -0.05) is 24.3 Å². The number of benzene rings is 1. The molecule has 0 unspecified atom stereocenters. The maximum absolute atomic E-state index is 9.59. The lowest BCUT2D eigenvalue weighted by Crippen LogP contribution is -2.47. The van der Waals surface area contributed by atoms with Crippen molar-refractivity contribution in [1.82, 2.24) is 15.5 Å². The van der Waals surface area contributed by atoms with Gasteiger partial charge in [0.25, 0.3) is 0 Å². The van der Waals surface area contributed by atoms with Gasteiger partial charge in [0.2, 0.25) is 0 Å². The third kappa shape index (κ3) is 7.45. The Morgan fingerprint density at radius 1 is 1.16 bits per heavy atom. The van der Waals surface area contributed by atoms with Crippen LogP contribution in [0.5, 0.6) is 0 Å². The molecule has 1 aromatic rings. The van der Waals surface area contributed by atoms with Crippen molar-refractivity contribution in [2.24, 2.45) is 4.99 Å². The minimum absolute atomic E-state index is 0.00706. The molecule has 0 radical (unpaired) electrons. The average Bonchev–Trinajstić information content (AvgIpc) is 2.55. The van der Waals surface area contributed by atoms with Gasteiger partial charge in [-0.25, -0.2) is 4.99 Å². The largest absolute Gasteiger partial charge is 0.393 e. The van der Waals surface area contributed by atoms with Crippen LogP contribution in [0.1, 0.15) is 51.7 Å². The van der Waals surface area contributed by atoms with Crippen molar-refractivity contribution < 1.29 is 5.11 Å². The number of likely N-dealkylation sites (tertiary alicyclic amines) is 1. The van der Waals surface area contributed by atoms with Gasteiger partial charge in [-0.15, -0.1) is 0 Å². The van der Waals surface area contributed by atoms with E-state index in [0.29, 0.717) is 6.54 Å². The maximum atomic E-state index is 9.59. The van der Waals surface area contributed by atoms with Gasteiger partial charge in [-0.05, 0) is 51.7 Å². The zero-order valence-corrected chi connectivity index (χ0v) is 16.2. The number of guanidine groups is 1. The molecule has 1 saturated heterocycles. The number of aliphatic imine (C=N–C) groups is 1. The zero-order valence-electron chi connectivity index (χ0n) is 16.2. The van der Waals surface area contributed by atoms with E-state index in [1.807, 2.05) is 0 Å². The van der Waals surface area contributed by atoms with E-state index in [-0.39, 0.29) is 11.6 Å². The van der Waals surface area contributed by atoms with Gasteiger partial charge in [-0.3, -0.25) is 4.90 Å². The van der Waals surface area contributed by atoms with E-state index in [1.54, 1.807) is 0 Å². The standard InChI is InChI=1S/C20H34N4O/c1-5-21-19(23-20(2,3)4)22-14-16-6-8-17(9-7-16)15-24-12-10-18(25)11-13-24/h6-9,18,25H,5,10-15H2,1-4H3,(H2,21,22,23). The SMILES string of the molecule is CCNC(=NCc1ccc(CN2CCC(O)CC2)cc1)NC(C)(C)C. The van der Waals surface area contributed by atoms with Gasteiger partial charge < -0.3 is 15.7 Å². The lowest BCUT2D eigenvalue weighted by molar-refractivity contribution is 0.0792. The number of aliphatic hydroxyl groups is 1. The molecular formula is C20H34N4O. The molecule has 25 heavy (non-hydrogen) atoms. The summed E-state index contributed by atoms with van der Waals surface area (Å²) in [6, 6.07) is 8.72. The van der Waals surface area contributed by atoms with Crippen molar-refractivity contribution in [2.45, 2.75) is 65.3 Å². The summed E-state index contributed by atoms with van der Waals surface area (Å²) < 4.78 is 0. The molecular weight excluding hydrogens is 312 g/mol. The van der Waals surface area contributed by atoms with Crippen LogP contribution in [0.2, 0.25) is 0 Å². The maximum Gasteiger partial charge on any atom is 0.191 e. The van der Waals surface area contributed by atoms with E-state index in [2.05, 4.69) is 72.5 Å². The summed E-state index contributed by atoms with van der Waals surface area (Å²) in [6.45, 7) is 12.9. The molecule has 0 bridgehead atoms. The monoisotopic (exact) mass is 346 g/mol. The Bertz CT molecular complexity index is 540. The van der Waals surface area contributed by atoms with E-state index < -0.39 is 0 Å². The summed E-state index contributed by atoms with van der Waals surface area (Å²) in [6.07, 6.45) is 1.67. The molecule has 1 heterocycles. The molecule has 1 aliphatic heterocycles. The number of nitrogens with zero attached hydrogens (tertiary/aromatic N) is 2. The molecule has 0 saturated carbocycles. The predicted octanol–water partition coefficient (Wildman–Crippen LogP) is 2.50. The summed E-state index contributed by atoms with van der Waals surface area (Å²) in [7, 11) is 0. The Kier molecular flexibility index (Phi) is 7.26. The van der Waals surface area contributed by atoms with Crippen LogP contribution in [-0.2, 0) is 13.1 Å². The van der Waals surface area contributed by atoms with Gasteiger partial charge >= 0.3 is 0 Å². The minimum Gasteiger partial charge on any atom is -0.393 e. The number of nitrogens with one attached hydrogen (secondary N) is 2. The average molecular weight is 347 g/mol. The van der Waals surface area contributed by atoms with Crippen LogP contribution in [0, 0.1) is 0 Å². The number of aliphatic hydroxyl groups excluding tert-OH is 1. The number of hydrogen-bond donors (Lipinski definition) is 3. The van der Waals surface area contributed by atoms with Crippen LogP contribution in [-0.4, -0.2) is 47.2 Å². The Labute approximate surface area is 152 Å². The van der Waals surface area contributed by atoms with Crippen LogP contribution >= 0.6 is 0 Å². The number of hydrogen-bond acceptors (Lipinski definition) is 3. The van der Waals surface area contributed by atoms with Gasteiger partial charge in [0.15, 0.2) is 5.96 Å². The first-order chi connectivity index (χ1) is 11.9. The molecule has 5 heteroatoms. The fourth-order valence-electron chi connectivity index (χ4n) is 2.92. The molecule has 0 aliphatic carbocycles. The second-order valence-corrected chi connectivity index (χ2v) is 7.89. The molecule has 1 aliphatic rings. The van der Waals surface area contributed by atoms with Crippen LogP contribution in [0.4, 0.5) is 0 Å². The highest BCUT2D eigenvalue weighted by molar-refractivity contribution is 5.80. The first-order valence-corrected chi connectivity index (χ1v) is 9.40. The first-order valence-electron chi connectivity index (χ1n) is 9.40. The summed E-state index contributed by atoms with van der Waals surface area (Å²) >= 11 is 0. The fraction of sp³-hybridized carbons (Fsp3) is 0.650.